The topological polar surface area (TPSA) is 66.4 Å². The smallest absolute Gasteiger partial charge is 0.332 e. The molecule has 4 nitrogen and oxygen atoms in total. The summed E-state index contributed by atoms with van der Waals surface area (Å²) in [7, 11) is 0. The van der Waals surface area contributed by atoms with Gasteiger partial charge in [-0.3, -0.25) is 4.79 Å². The maximum Gasteiger partial charge on any atom is 0.332 e. The molecule has 16 heavy (non-hydrogen) atoms. The first kappa shape index (κ1) is 12.7. The van der Waals surface area contributed by atoms with Gasteiger partial charge < -0.3 is 10.4 Å². The van der Waals surface area contributed by atoms with Crippen LogP contribution < -0.4 is 5.32 Å². The van der Waals surface area contributed by atoms with E-state index in [1.165, 1.54) is 0 Å². The fraction of sp³-hybridized carbons (Fsp3) is 0.667. The minimum atomic E-state index is -0.959. The summed E-state index contributed by atoms with van der Waals surface area (Å²) in [6.07, 6.45) is 2.82. The molecule has 0 bridgehead atoms. The molecule has 1 amide bonds. The van der Waals surface area contributed by atoms with Crippen LogP contribution in [0.25, 0.3) is 0 Å². The Morgan fingerprint density at radius 1 is 1.12 bits per heavy atom. The van der Waals surface area contributed by atoms with Crippen LogP contribution in [0.5, 0.6) is 0 Å². The molecule has 0 aromatic carbocycles. The third-order valence-electron chi connectivity index (χ3n) is 2.49. The van der Waals surface area contributed by atoms with Crippen LogP contribution in [0.15, 0.2) is 11.1 Å². The summed E-state index contributed by atoms with van der Waals surface area (Å²) < 4.78 is 0. The van der Waals surface area contributed by atoms with Crippen LogP contribution in [0, 0.1) is 0 Å². The number of nitrogens with one attached hydrogen (secondary N) is 1. The molecule has 0 saturated heterocycles. The molecule has 0 aromatic rings. The van der Waals surface area contributed by atoms with E-state index in [4.69, 9.17) is 5.11 Å². The third-order valence-corrected chi connectivity index (χ3v) is 2.49. The lowest BCUT2D eigenvalue weighted by atomic mass is 9.90. The third kappa shape index (κ3) is 3.36. The number of amides is 1. The number of hydrogen-bond acceptors (Lipinski definition) is 2. The fourth-order valence-corrected chi connectivity index (χ4v) is 1.81. The average molecular weight is 225 g/mol. The molecule has 4 heteroatoms. The number of carbonyl (C=O) groups excluding carboxylic acids is 1. The van der Waals surface area contributed by atoms with Crippen molar-refractivity contribution in [2.45, 2.75) is 52.0 Å². The Hall–Kier alpha value is -1.32. The van der Waals surface area contributed by atoms with Gasteiger partial charge in [-0.2, -0.15) is 0 Å². The number of carboxylic acid groups (broad SMARTS) is 1. The first-order valence-corrected chi connectivity index (χ1v) is 5.59. The predicted octanol–water partition coefficient (Wildman–Crippen LogP) is 1.86. The Morgan fingerprint density at radius 2 is 1.62 bits per heavy atom. The first-order valence-electron chi connectivity index (χ1n) is 5.59. The summed E-state index contributed by atoms with van der Waals surface area (Å²) in [5.41, 5.74) is 0.409. The monoisotopic (exact) mass is 225 g/mol. The van der Waals surface area contributed by atoms with E-state index < -0.39 is 5.97 Å². The maximum absolute atomic E-state index is 11.9. The van der Waals surface area contributed by atoms with Gasteiger partial charge in [-0.1, -0.05) is 0 Å². The molecular weight excluding hydrogens is 206 g/mol. The van der Waals surface area contributed by atoms with Crippen molar-refractivity contribution in [3.8, 4) is 0 Å². The zero-order valence-electron chi connectivity index (χ0n) is 10.1. The van der Waals surface area contributed by atoms with Crippen LogP contribution in [-0.2, 0) is 9.59 Å². The van der Waals surface area contributed by atoms with Gasteiger partial charge in [0.15, 0.2) is 0 Å². The molecule has 1 rings (SSSR count). The van der Waals surface area contributed by atoms with Gasteiger partial charge in [-0.25, -0.2) is 4.79 Å². The van der Waals surface area contributed by atoms with Crippen LogP contribution in [0.1, 0.15) is 46.5 Å². The highest BCUT2D eigenvalue weighted by Gasteiger charge is 2.25. The summed E-state index contributed by atoms with van der Waals surface area (Å²) in [4.78, 5) is 22.9. The molecule has 0 radical (unpaired) electrons. The van der Waals surface area contributed by atoms with Crippen molar-refractivity contribution in [1.82, 2.24) is 5.32 Å². The number of aliphatic carboxylic acids is 1. The first-order chi connectivity index (χ1) is 7.31. The minimum Gasteiger partial charge on any atom is -0.478 e. The molecule has 0 aromatic heterocycles. The SMILES string of the molecule is CC(C)(C)NC(=O)C1=C(C(=O)O)CCCC1. The van der Waals surface area contributed by atoms with Gasteiger partial charge in [0.25, 0.3) is 0 Å². The second-order valence-electron chi connectivity index (χ2n) is 5.17. The van der Waals surface area contributed by atoms with Crippen molar-refractivity contribution in [2.24, 2.45) is 0 Å². The zero-order chi connectivity index (χ0) is 12.3. The quantitative estimate of drug-likeness (QED) is 0.753. The Bertz CT molecular complexity index is 337. The lowest BCUT2D eigenvalue weighted by Crippen LogP contribution is -2.42. The van der Waals surface area contributed by atoms with Gasteiger partial charge in [-0.05, 0) is 46.5 Å². The van der Waals surface area contributed by atoms with E-state index in [9.17, 15) is 9.59 Å². The highest BCUT2D eigenvalue weighted by molar-refractivity contribution is 6.02. The second kappa shape index (κ2) is 4.68. The van der Waals surface area contributed by atoms with Crippen molar-refractivity contribution in [1.29, 1.82) is 0 Å². The van der Waals surface area contributed by atoms with Gasteiger partial charge in [0.2, 0.25) is 5.91 Å². The van der Waals surface area contributed by atoms with Crippen LogP contribution in [0.3, 0.4) is 0 Å². The Kier molecular flexibility index (Phi) is 3.73. The number of carboxylic acids is 1. The largest absolute Gasteiger partial charge is 0.478 e. The van der Waals surface area contributed by atoms with Gasteiger partial charge in [0.1, 0.15) is 0 Å². The average Bonchev–Trinajstić information content (AvgIpc) is 2.15. The zero-order valence-corrected chi connectivity index (χ0v) is 10.1. The van der Waals surface area contributed by atoms with E-state index >= 15 is 0 Å². The van der Waals surface area contributed by atoms with Crippen molar-refractivity contribution in [3.63, 3.8) is 0 Å². The molecule has 0 spiro atoms. The molecule has 2 N–H and O–H groups in total. The van der Waals surface area contributed by atoms with Gasteiger partial charge in [0, 0.05) is 16.7 Å². The maximum atomic E-state index is 11.9. The number of hydrogen-bond donors (Lipinski definition) is 2. The standard InChI is InChI=1S/C12H19NO3/c1-12(2,3)13-10(14)8-6-4-5-7-9(8)11(15)16/h4-7H2,1-3H3,(H,13,14)(H,15,16). The van der Waals surface area contributed by atoms with E-state index in [2.05, 4.69) is 5.32 Å². The summed E-state index contributed by atoms with van der Waals surface area (Å²) in [6.45, 7) is 5.65. The Labute approximate surface area is 95.7 Å². The molecule has 0 saturated carbocycles. The Morgan fingerprint density at radius 3 is 2.06 bits per heavy atom. The molecular formula is C12H19NO3. The molecule has 1 aliphatic rings. The normalized spacial score (nSPS) is 17.2. The minimum absolute atomic E-state index is 0.232. The fourth-order valence-electron chi connectivity index (χ4n) is 1.81. The van der Waals surface area contributed by atoms with E-state index in [0.717, 1.165) is 12.8 Å². The molecule has 1 aliphatic carbocycles. The van der Waals surface area contributed by atoms with Gasteiger partial charge in [-0.15, -0.1) is 0 Å². The van der Waals surface area contributed by atoms with Crippen molar-refractivity contribution >= 4 is 11.9 Å². The molecule has 90 valence electrons. The van der Waals surface area contributed by atoms with Crippen molar-refractivity contribution < 1.29 is 14.7 Å². The summed E-state index contributed by atoms with van der Waals surface area (Å²) >= 11 is 0. The summed E-state index contributed by atoms with van der Waals surface area (Å²) in [6, 6.07) is 0. The van der Waals surface area contributed by atoms with Crippen molar-refractivity contribution in [2.75, 3.05) is 0 Å². The Balaban J connectivity index is 2.90. The van der Waals surface area contributed by atoms with E-state index in [0.29, 0.717) is 18.4 Å². The summed E-state index contributed by atoms with van der Waals surface area (Å²) in [5.74, 6) is -1.19. The van der Waals surface area contributed by atoms with Crippen LogP contribution in [0.4, 0.5) is 0 Å². The van der Waals surface area contributed by atoms with Crippen LogP contribution >= 0.6 is 0 Å². The van der Waals surface area contributed by atoms with E-state index in [1.54, 1.807) is 0 Å². The second-order valence-corrected chi connectivity index (χ2v) is 5.17. The van der Waals surface area contributed by atoms with Gasteiger partial charge in [0.05, 0.1) is 0 Å². The highest BCUT2D eigenvalue weighted by Crippen LogP contribution is 2.25. The molecule has 0 fully saturated rings. The number of carbonyl (C=O) groups is 2. The van der Waals surface area contributed by atoms with Crippen molar-refractivity contribution in [3.05, 3.63) is 11.1 Å². The molecule has 0 heterocycles. The highest BCUT2D eigenvalue weighted by atomic mass is 16.4. The van der Waals surface area contributed by atoms with E-state index in [1.807, 2.05) is 20.8 Å². The molecule has 0 atom stereocenters. The van der Waals surface area contributed by atoms with Crippen LogP contribution in [0.2, 0.25) is 0 Å². The van der Waals surface area contributed by atoms with Gasteiger partial charge >= 0.3 is 5.97 Å². The predicted molar refractivity (Wildman–Crippen MR) is 61.0 cm³/mol. The lowest BCUT2D eigenvalue weighted by Gasteiger charge is -2.24. The molecule has 0 aliphatic heterocycles. The van der Waals surface area contributed by atoms with Crippen LogP contribution in [-0.4, -0.2) is 22.5 Å². The lowest BCUT2D eigenvalue weighted by molar-refractivity contribution is -0.133. The summed E-state index contributed by atoms with van der Waals surface area (Å²) in [5, 5.41) is 11.8. The van der Waals surface area contributed by atoms with E-state index in [-0.39, 0.29) is 17.0 Å². The molecule has 0 unspecified atom stereocenters. The number of rotatable bonds is 2.